The topological polar surface area (TPSA) is 79.0 Å². The molecule has 4 rings (SSSR count). The molecule has 0 saturated heterocycles. The Morgan fingerprint density at radius 2 is 1.74 bits per heavy atom. The van der Waals surface area contributed by atoms with Crippen LogP contribution in [0.4, 0.5) is 5.69 Å². The number of fused-ring (bicyclic) bond motifs is 3. The molecule has 1 aromatic heterocycles. The summed E-state index contributed by atoms with van der Waals surface area (Å²) >= 11 is 0. The van der Waals surface area contributed by atoms with Crippen LogP contribution in [0.5, 0.6) is 0 Å². The minimum Gasteiger partial charge on any atom is -0.358 e. The molecule has 0 bridgehead atoms. The summed E-state index contributed by atoms with van der Waals surface area (Å²) in [6, 6.07) is 11.7. The number of aryl methyl sites for hydroxylation is 2. The lowest BCUT2D eigenvalue weighted by Gasteiger charge is -2.09. The third-order valence-corrected chi connectivity index (χ3v) is 6.55. The van der Waals surface area contributed by atoms with Crippen molar-refractivity contribution in [1.29, 1.82) is 0 Å². The number of aromatic amines is 1. The first-order valence-corrected chi connectivity index (χ1v) is 10.7. The smallest absolute Gasteiger partial charge is 0.261 e. The Morgan fingerprint density at radius 3 is 2.48 bits per heavy atom. The second kappa shape index (κ2) is 6.85. The lowest BCUT2D eigenvalue weighted by atomic mass is 10.1. The van der Waals surface area contributed by atoms with Gasteiger partial charge >= 0.3 is 0 Å². The molecule has 1 heterocycles. The zero-order valence-electron chi connectivity index (χ0n) is 15.2. The highest BCUT2D eigenvalue weighted by atomic mass is 32.2. The van der Waals surface area contributed by atoms with Crippen molar-refractivity contribution in [2.45, 2.75) is 43.9 Å². The van der Waals surface area contributed by atoms with E-state index in [1.165, 1.54) is 31.0 Å². The number of carbonyl (C=O) groups is 1. The molecule has 0 aliphatic heterocycles. The molecule has 5 nitrogen and oxygen atoms in total. The first-order chi connectivity index (χ1) is 12.9. The van der Waals surface area contributed by atoms with Crippen LogP contribution < -0.4 is 4.72 Å². The van der Waals surface area contributed by atoms with Gasteiger partial charge < -0.3 is 4.98 Å². The first-order valence-electron chi connectivity index (χ1n) is 9.21. The summed E-state index contributed by atoms with van der Waals surface area (Å²) in [7, 11) is -3.70. The second-order valence-electron chi connectivity index (χ2n) is 7.09. The monoisotopic (exact) mass is 382 g/mol. The molecule has 1 aliphatic rings. The minimum absolute atomic E-state index is 0.0528. The van der Waals surface area contributed by atoms with Gasteiger partial charge in [0.15, 0.2) is 5.78 Å². The molecule has 2 N–H and O–H groups in total. The van der Waals surface area contributed by atoms with Crippen molar-refractivity contribution >= 4 is 32.4 Å². The van der Waals surface area contributed by atoms with Crippen LogP contribution in [0, 0.1) is 0 Å². The zero-order valence-corrected chi connectivity index (χ0v) is 16.0. The van der Waals surface area contributed by atoms with Crippen LogP contribution >= 0.6 is 0 Å². The molecule has 3 aromatic rings. The third-order valence-electron chi connectivity index (χ3n) is 5.17. The number of hydrogen-bond acceptors (Lipinski definition) is 3. The van der Waals surface area contributed by atoms with Gasteiger partial charge in [-0.05, 0) is 80.6 Å². The number of sulfonamides is 1. The van der Waals surface area contributed by atoms with Crippen molar-refractivity contribution in [1.82, 2.24) is 4.98 Å². The molecule has 0 unspecified atom stereocenters. The minimum atomic E-state index is -3.70. The number of carbonyl (C=O) groups excluding carboxylic acids is 1. The molecule has 140 valence electrons. The van der Waals surface area contributed by atoms with Crippen molar-refractivity contribution in [2.24, 2.45) is 0 Å². The maximum atomic E-state index is 12.8. The van der Waals surface area contributed by atoms with Crippen LogP contribution in [0.15, 0.2) is 47.4 Å². The Morgan fingerprint density at radius 1 is 1.00 bits per heavy atom. The Kier molecular flexibility index (Phi) is 4.52. The molecular formula is C21H22N2O3S. The molecule has 0 spiro atoms. The van der Waals surface area contributed by atoms with Gasteiger partial charge in [0.2, 0.25) is 0 Å². The number of hydrogen-bond donors (Lipinski definition) is 2. The standard InChI is InChI=1S/C21H22N2O3S/c1-14(24)15-7-9-16(10-8-15)23-27(25,26)17-11-12-21-19(13-17)18-5-3-2-4-6-20(18)22-21/h7-13,22-23H,2-6H2,1H3. The fourth-order valence-electron chi connectivity index (χ4n) is 3.72. The van der Waals surface area contributed by atoms with Gasteiger partial charge in [-0.2, -0.15) is 0 Å². The molecule has 0 fully saturated rings. The van der Waals surface area contributed by atoms with E-state index in [4.69, 9.17) is 0 Å². The van der Waals surface area contributed by atoms with Gasteiger partial charge in [0.05, 0.1) is 4.90 Å². The molecule has 0 amide bonds. The van der Waals surface area contributed by atoms with E-state index < -0.39 is 10.0 Å². The Bertz CT molecular complexity index is 1110. The summed E-state index contributed by atoms with van der Waals surface area (Å²) in [6.45, 7) is 1.48. The Labute approximate surface area is 158 Å². The number of anilines is 1. The van der Waals surface area contributed by atoms with E-state index in [0.29, 0.717) is 11.3 Å². The fourth-order valence-corrected chi connectivity index (χ4v) is 4.80. The summed E-state index contributed by atoms with van der Waals surface area (Å²) < 4.78 is 28.3. The SMILES string of the molecule is CC(=O)c1ccc(NS(=O)(=O)c2ccc3[nH]c4c(c3c2)CCCCC4)cc1. The molecule has 2 aromatic carbocycles. The van der Waals surface area contributed by atoms with Crippen LogP contribution in [0.2, 0.25) is 0 Å². The van der Waals surface area contributed by atoms with E-state index in [2.05, 4.69) is 9.71 Å². The number of Topliss-reactive ketones (excluding diaryl/α,β-unsaturated/α-hetero) is 1. The summed E-state index contributed by atoms with van der Waals surface area (Å²) in [5.74, 6) is -0.0528. The van der Waals surface area contributed by atoms with Gasteiger partial charge in [-0.25, -0.2) is 8.42 Å². The highest BCUT2D eigenvalue weighted by Gasteiger charge is 2.19. The quantitative estimate of drug-likeness (QED) is 0.517. The van der Waals surface area contributed by atoms with E-state index >= 15 is 0 Å². The summed E-state index contributed by atoms with van der Waals surface area (Å²) in [4.78, 5) is 15.1. The fraction of sp³-hybridized carbons (Fsp3) is 0.286. The van der Waals surface area contributed by atoms with Crippen LogP contribution in [0.3, 0.4) is 0 Å². The van der Waals surface area contributed by atoms with Crippen LogP contribution in [-0.4, -0.2) is 19.2 Å². The van der Waals surface area contributed by atoms with E-state index in [9.17, 15) is 13.2 Å². The van der Waals surface area contributed by atoms with Gasteiger partial charge in [0.1, 0.15) is 0 Å². The molecule has 6 heteroatoms. The van der Waals surface area contributed by atoms with Crippen molar-refractivity contribution in [3.8, 4) is 0 Å². The summed E-state index contributed by atoms with van der Waals surface area (Å²) in [5.41, 5.74) is 4.48. The molecule has 1 aliphatic carbocycles. The Balaban J connectivity index is 1.67. The van der Waals surface area contributed by atoms with E-state index in [-0.39, 0.29) is 10.7 Å². The lowest BCUT2D eigenvalue weighted by Crippen LogP contribution is -2.13. The van der Waals surface area contributed by atoms with E-state index in [1.807, 2.05) is 6.07 Å². The highest BCUT2D eigenvalue weighted by Crippen LogP contribution is 2.30. The summed E-state index contributed by atoms with van der Waals surface area (Å²) in [5, 5.41) is 1.00. The molecule has 0 saturated carbocycles. The zero-order chi connectivity index (χ0) is 19.0. The second-order valence-corrected chi connectivity index (χ2v) is 8.77. The van der Waals surface area contributed by atoms with Crippen molar-refractivity contribution in [3.05, 3.63) is 59.3 Å². The van der Waals surface area contributed by atoms with Gasteiger partial charge in [-0.3, -0.25) is 9.52 Å². The van der Waals surface area contributed by atoms with Crippen LogP contribution in [0.1, 0.15) is 47.8 Å². The van der Waals surface area contributed by atoms with Gasteiger partial charge in [0.25, 0.3) is 10.0 Å². The van der Waals surface area contributed by atoms with Gasteiger partial charge in [-0.1, -0.05) is 6.42 Å². The first kappa shape index (κ1) is 17.8. The highest BCUT2D eigenvalue weighted by molar-refractivity contribution is 7.92. The van der Waals surface area contributed by atoms with Crippen molar-refractivity contribution < 1.29 is 13.2 Å². The predicted octanol–water partition coefficient (Wildman–Crippen LogP) is 4.44. The molecule has 0 radical (unpaired) electrons. The average molecular weight is 382 g/mol. The van der Waals surface area contributed by atoms with Crippen LogP contribution in [0.25, 0.3) is 10.9 Å². The predicted molar refractivity (Wildman–Crippen MR) is 107 cm³/mol. The summed E-state index contributed by atoms with van der Waals surface area (Å²) in [6.07, 6.45) is 5.52. The number of aromatic nitrogens is 1. The van der Waals surface area contributed by atoms with E-state index in [1.54, 1.807) is 36.4 Å². The number of nitrogens with one attached hydrogen (secondary N) is 2. The van der Waals surface area contributed by atoms with Crippen molar-refractivity contribution in [3.63, 3.8) is 0 Å². The van der Waals surface area contributed by atoms with Crippen molar-refractivity contribution in [2.75, 3.05) is 4.72 Å². The number of H-pyrrole nitrogens is 1. The lowest BCUT2D eigenvalue weighted by molar-refractivity contribution is 0.101. The molecule has 0 atom stereocenters. The maximum absolute atomic E-state index is 12.8. The number of ketones is 1. The Hall–Kier alpha value is -2.60. The number of rotatable bonds is 4. The average Bonchev–Trinajstić information content (AvgIpc) is 2.82. The largest absolute Gasteiger partial charge is 0.358 e. The van der Waals surface area contributed by atoms with Gasteiger partial charge in [0, 0.05) is 27.8 Å². The maximum Gasteiger partial charge on any atom is 0.261 e. The third kappa shape index (κ3) is 3.49. The normalized spacial score (nSPS) is 14.6. The molecule has 27 heavy (non-hydrogen) atoms. The number of benzene rings is 2. The van der Waals surface area contributed by atoms with E-state index in [0.717, 1.165) is 30.2 Å². The van der Waals surface area contributed by atoms with Crippen LogP contribution in [-0.2, 0) is 22.9 Å². The molecular weight excluding hydrogens is 360 g/mol. The van der Waals surface area contributed by atoms with Gasteiger partial charge in [-0.15, -0.1) is 0 Å².